The van der Waals surface area contributed by atoms with Gasteiger partial charge in [-0.1, -0.05) is 0 Å². The molecule has 1 unspecified atom stereocenters. The van der Waals surface area contributed by atoms with Gasteiger partial charge in [-0.3, -0.25) is 0 Å². The molecule has 1 aromatic heterocycles. The molecule has 0 saturated heterocycles. The summed E-state index contributed by atoms with van der Waals surface area (Å²) in [5, 5.41) is 3.15. The summed E-state index contributed by atoms with van der Waals surface area (Å²) in [5.41, 5.74) is 5.59. The van der Waals surface area contributed by atoms with Gasteiger partial charge in [0.1, 0.15) is 10.4 Å². The number of hydrogen-bond acceptors (Lipinski definition) is 5. The van der Waals surface area contributed by atoms with Gasteiger partial charge in [-0.2, -0.15) is 4.98 Å². The predicted molar refractivity (Wildman–Crippen MR) is 63.7 cm³/mol. The van der Waals surface area contributed by atoms with Crippen LogP contribution < -0.4 is 11.1 Å². The average Bonchev–Trinajstić information content (AvgIpc) is 2.13. The molecule has 1 rings (SSSR count). The summed E-state index contributed by atoms with van der Waals surface area (Å²) in [6.45, 7) is 2.75. The summed E-state index contributed by atoms with van der Waals surface area (Å²) in [4.78, 5) is 8.22. The molecule has 15 heavy (non-hydrogen) atoms. The number of anilines is 2. The zero-order chi connectivity index (χ0) is 11.3. The summed E-state index contributed by atoms with van der Waals surface area (Å²) in [5.74, 6) is 0.976. The van der Waals surface area contributed by atoms with Crippen molar-refractivity contribution in [2.24, 2.45) is 0 Å². The molecule has 1 atom stereocenters. The van der Waals surface area contributed by atoms with Crippen molar-refractivity contribution in [2.45, 2.75) is 19.4 Å². The molecule has 0 aliphatic rings. The highest BCUT2D eigenvalue weighted by Crippen LogP contribution is 2.13. The van der Waals surface area contributed by atoms with Crippen molar-refractivity contribution in [3.05, 3.63) is 10.7 Å². The maximum absolute atomic E-state index is 5.59. The Hall–Kier alpha value is -0.880. The number of nitrogen functional groups attached to an aromatic ring is 1. The Labute approximate surface area is 97.6 Å². The molecule has 6 heteroatoms. The number of halogens is 1. The molecule has 84 valence electrons. The van der Waals surface area contributed by atoms with Crippen LogP contribution in [-0.2, 0) is 4.74 Å². The summed E-state index contributed by atoms with van der Waals surface area (Å²) in [6, 6.07) is 1.91. The third-order valence-corrected chi connectivity index (χ3v) is 2.25. The molecule has 1 aromatic rings. The van der Waals surface area contributed by atoms with Crippen LogP contribution in [0, 0.1) is 0 Å². The molecule has 0 radical (unpaired) electrons. The number of nitrogens with two attached hydrogens (primary N) is 1. The molecule has 0 aliphatic heterocycles. The van der Waals surface area contributed by atoms with E-state index in [1.54, 1.807) is 13.2 Å². The number of methoxy groups -OCH3 is 1. The fraction of sp³-hybridized carbons (Fsp3) is 0.556. The number of ether oxygens (including phenoxy) is 1. The monoisotopic (exact) mass is 274 g/mol. The molecule has 0 aromatic carbocycles. The number of nitrogens with zero attached hydrogens (tertiary/aromatic N) is 2. The van der Waals surface area contributed by atoms with Crippen LogP contribution in [0.2, 0.25) is 0 Å². The zero-order valence-corrected chi connectivity index (χ0v) is 10.4. The Morgan fingerprint density at radius 3 is 2.93 bits per heavy atom. The smallest absolute Gasteiger partial charge is 0.225 e. The second-order valence-corrected chi connectivity index (χ2v) is 4.08. The van der Waals surface area contributed by atoms with Gasteiger partial charge in [0.05, 0.1) is 0 Å². The Bertz CT molecular complexity index is 301. The Balaban J connectivity index is 2.56. The standard InChI is InChI=1S/C9H15BrN4O/c1-6(3-4-15-2)12-9-13-7(10)5-8(11)14-9/h5-6H,3-4H2,1-2H3,(H3,11,12,13,14). The minimum absolute atomic E-state index is 0.249. The first-order valence-electron chi connectivity index (χ1n) is 4.67. The molecule has 0 fully saturated rings. The van der Waals surface area contributed by atoms with E-state index in [0.29, 0.717) is 23.0 Å². The zero-order valence-electron chi connectivity index (χ0n) is 8.83. The average molecular weight is 275 g/mol. The van der Waals surface area contributed by atoms with E-state index in [1.807, 2.05) is 6.92 Å². The molecule has 0 saturated carbocycles. The van der Waals surface area contributed by atoms with Crippen molar-refractivity contribution < 1.29 is 4.74 Å². The quantitative estimate of drug-likeness (QED) is 0.799. The van der Waals surface area contributed by atoms with Crippen molar-refractivity contribution >= 4 is 27.7 Å². The summed E-state index contributed by atoms with van der Waals surface area (Å²) < 4.78 is 5.66. The van der Waals surface area contributed by atoms with Crippen molar-refractivity contribution in [1.82, 2.24) is 9.97 Å². The van der Waals surface area contributed by atoms with E-state index in [4.69, 9.17) is 10.5 Å². The first kappa shape index (κ1) is 12.2. The van der Waals surface area contributed by atoms with Crippen LogP contribution in [0.1, 0.15) is 13.3 Å². The molecular formula is C9H15BrN4O. The van der Waals surface area contributed by atoms with Crippen molar-refractivity contribution in [3.63, 3.8) is 0 Å². The lowest BCUT2D eigenvalue weighted by molar-refractivity contribution is 0.191. The molecule has 5 nitrogen and oxygen atoms in total. The molecule has 0 bridgehead atoms. The maximum atomic E-state index is 5.59. The third kappa shape index (κ3) is 4.44. The number of aromatic nitrogens is 2. The second kappa shape index (κ2) is 5.87. The van der Waals surface area contributed by atoms with E-state index in [2.05, 4.69) is 31.2 Å². The Morgan fingerprint density at radius 2 is 2.33 bits per heavy atom. The highest BCUT2D eigenvalue weighted by molar-refractivity contribution is 9.10. The molecule has 1 heterocycles. The van der Waals surface area contributed by atoms with Crippen LogP contribution in [0.4, 0.5) is 11.8 Å². The minimum Gasteiger partial charge on any atom is -0.385 e. The van der Waals surface area contributed by atoms with Gasteiger partial charge < -0.3 is 15.8 Å². The molecule has 0 amide bonds. The van der Waals surface area contributed by atoms with Crippen LogP contribution in [0.15, 0.2) is 10.7 Å². The van der Waals surface area contributed by atoms with E-state index in [1.165, 1.54) is 0 Å². The number of nitrogens with one attached hydrogen (secondary N) is 1. The molecular weight excluding hydrogens is 260 g/mol. The number of rotatable bonds is 5. The summed E-state index contributed by atoms with van der Waals surface area (Å²) in [6.07, 6.45) is 0.895. The number of hydrogen-bond donors (Lipinski definition) is 2. The van der Waals surface area contributed by atoms with Crippen LogP contribution in [0.3, 0.4) is 0 Å². The topological polar surface area (TPSA) is 73.1 Å². The van der Waals surface area contributed by atoms with Gasteiger partial charge in [-0.05, 0) is 29.3 Å². The minimum atomic E-state index is 0.249. The van der Waals surface area contributed by atoms with E-state index in [9.17, 15) is 0 Å². The second-order valence-electron chi connectivity index (χ2n) is 3.27. The van der Waals surface area contributed by atoms with Crippen molar-refractivity contribution in [2.75, 3.05) is 24.8 Å². The summed E-state index contributed by atoms with van der Waals surface area (Å²) >= 11 is 3.26. The van der Waals surface area contributed by atoms with E-state index in [-0.39, 0.29) is 6.04 Å². The van der Waals surface area contributed by atoms with Gasteiger partial charge in [0.2, 0.25) is 5.95 Å². The Morgan fingerprint density at radius 1 is 1.60 bits per heavy atom. The van der Waals surface area contributed by atoms with E-state index in [0.717, 1.165) is 6.42 Å². The fourth-order valence-electron chi connectivity index (χ4n) is 1.09. The van der Waals surface area contributed by atoms with Crippen molar-refractivity contribution in [1.29, 1.82) is 0 Å². The normalized spacial score (nSPS) is 12.5. The first-order valence-corrected chi connectivity index (χ1v) is 5.46. The maximum Gasteiger partial charge on any atom is 0.225 e. The molecule has 3 N–H and O–H groups in total. The lowest BCUT2D eigenvalue weighted by Crippen LogP contribution is -2.19. The van der Waals surface area contributed by atoms with Crippen LogP contribution in [0.25, 0.3) is 0 Å². The van der Waals surface area contributed by atoms with Gasteiger partial charge in [-0.15, -0.1) is 0 Å². The first-order chi connectivity index (χ1) is 7.11. The van der Waals surface area contributed by atoms with Gasteiger partial charge in [-0.25, -0.2) is 4.98 Å². The van der Waals surface area contributed by atoms with Gasteiger partial charge >= 0.3 is 0 Å². The van der Waals surface area contributed by atoms with E-state index >= 15 is 0 Å². The summed E-state index contributed by atoms with van der Waals surface area (Å²) in [7, 11) is 1.68. The largest absolute Gasteiger partial charge is 0.385 e. The molecule has 0 spiro atoms. The highest BCUT2D eigenvalue weighted by Gasteiger charge is 2.05. The van der Waals surface area contributed by atoms with Gasteiger partial charge in [0.15, 0.2) is 0 Å². The van der Waals surface area contributed by atoms with Crippen LogP contribution in [0.5, 0.6) is 0 Å². The fourth-order valence-corrected chi connectivity index (χ4v) is 1.49. The SMILES string of the molecule is COCCC(C)Nc1nc(N)cc(Br)n1. The predicted octanol–water partition coefficient (Wildman–Crippen LogP) is 1.66. The Kier molecular flexibility index (Phi) is 4.77. The lowest BCUT2D eigenvalue weighted by atomic mass is 10.2. The highest BCUT2D eigenvalue weighted by atomic mass is 79.9. The third-order valence-electron chi connectivity index (χ3n) is 1.85. The lowest BCUT2D eigenvalue weighted by Gasteiger charge is -2.13. The van der Waals surface area contributed by atoms with Gasteiger partial charge in [0.25, 0.3) is 0 Å². The van der Waals surface area contributed by atoms with E-state index < -0.39 is 0 Å². The van der Waals surface area contributed by atoms with Crippen molar-refractivity contribution in [3.8, 4) is 0 Å². The van der Waals surface area contributed by atoms with Gasteiger partial charge in [0, 0.05) is 25.8 Å². The van der Waals surface area contributed by atoms with Crippen LogP contribution in [-0.4, -0.2) is 29.7 Å². The van der Waals surface area contributed by atoms with Crippen LogP contribution >= 0.6 is 15.9 Å². The molecule has 0 aliphatic carbocycles.